The van der Waals surface area contributed by atoms with Crippen molar-refractivity contribution in [3.63, 3.8) is 0 Å². The van der Waals surface area contributed by atoms with Crippen LogP contribution in [0, 0.1) is 11.8 Å². The summed E-state index contributed by atoms with van der Waals surface area (Å²) in [6, 6.07) is 4.22. The van der Waals surface area contributed by atoms with Crippen LogP contribution in [0.5, 0.6) is 0 Å². The molecule has 74 valence electrons. The predicted octanol–water partition coefficient (Wildman–Crippen LogP) is 0.166. The van der Waals surface area contributed by atoms with Gasteiger partial charge in [-0.05, 0) is 31.0 Å². The predicted molar refractivity (Wildman–Crippen MR) is 52.2 cm³/mol. The first kappa shape index (κ1) is 8.05. The summed E-state index contributed by atoms with van der Waals surface area (Å²) in [4.78, 5) is 11.8. The molecule has 4 nitrogen and oxygen atoms in total. The Bertz CT molecular complexity index is 332. The number of nitrogens with one attached hydrogen (secondary N) is 2. The van der Waals surface area contributed by atoms with E-state index in [1.165, 1.54) is 6.42 Å². The number of hydrogen-bond acceptors (Lipinski definition) is 2. The monoisotopic (exact) mass is 191 g/mol. The third-order valence-corrected chi connectivity index (χ3v) is 3.29. The highest BCUT2D eigenvalue weighted by molar-refractivity contribution is 5.88. The minimum atomic E-state index is 0.146. The van der Waals surface area contributed by atoms with Gasteiger partial charge in [0.2, 0.25) is 5.91 Å². The summed E-state index contributed by atoms with van der Waals surface area (Å²) in [5.74, 6) is 0.903. The molecular formula is C10H13N3O. The van der Waals surface area contributed by atoms with E-state index in [4.69, 9.17) is 0 Å². The van der Waals surface area contributed by atoms with Crippen molar-refractivity contribution in [3.05, 3.63) is 24.5 Å². The van der Waals surface area contributed by atoms with Crippen LogP contribution in [-0.4, -0.2) is 23.2 Å². The van der Waals surface area contributed by atoms with Crippen molar-refractivity contribution in [3.8, 4) is 0 Å². The average Bonchev–Trinajstić information content (AvgIpc) is 2.77. The van der Waals surface area contributed by atoms with Gasteiger partial charge in [-0.2, -0.15) is 0 Å². The van der Waals surface area contributed by atoms with E-state index in [0.29, 0.717) is 12.0 Å². The highest BCUT2D eigenvalue weighted by Gasteiger charge is 2.50. The van der Waals surface area contributed by atoms with Gasteiger partial charge in [0.05, 0.1) is 5.92 Å². The van der Waals surface area contributed by atoms with Gasteiger partial charge in [0.25, 0.3) is 0 Å². The molecule has 1 saturated carbocycles. The number of amides is 1. The van der Waals surface area contributed by atoms with Crippen LogP contribution < -0.4 is 10.7 Å². The molecule has 1 aliphatic carbocycles. The van der Waals surface area contributed by atoms with E-state index in [9.17, 15) is 4.79 Å². The molecule has 3 aliphatic rings. The number of rotatable bonds is 2. The van der Waals surface area contributed by atoms with Crippen molar-refractivity contribution in [1.82, 2.24) is 9.99 Å². The van der Waals surface area contributed by atoms with Crippen molar-refractivity contribution >= 4 is 5.91 Å². The Labute approximate surface area is 82.3 Å². The van der Waals surface area contributed by atoms with Crippen molar-refractivity contribution in [1.29, 1.82) is 0 Å². The van der Waals surface area contributed by atoms with Crippen molar-refractivity contribution in [2.75, 3.05) is 12.0 Å². The molecule has 3 atom stereocenters. The van der Waals surface area contributed by atoms with Gasteiger partial charge in [-0.1, -0.05) is 0 Å². The highest BCUT2D eigenvalue weighted by Crippen LogP contribution is 2.40. The third kappa shape index (κ3) is 1.07. The zero-order valence-electron chi connectivity index (χ0n) is 7.81. The molecule has 14 heavy (non-hydrogen) atoms. The molecule has 0 radical (unpaired) electrons. The van der Waals surface area contributed by atoms with Gasteiger partial charge in [-0.25, -0.2) is 0 Å². The summed E-state index contributed by atoms with van der Waals surface area (Å²) in [5.41, 5.74) is 2.86. The molecule has 2 N–H and O–H groups in total. The van der Waals surface area contributed by atoms with E-state index in [0.717, 1.165) is 6.54 Å². The number of carbonyl (C=O) groups excluding carboxylic acids is 1. The van der Waals surface area contributed by atoms with Crippen LogP contribution in [0.2, 0.25) is 0 Å². The zero-order valence-corrected chi connectivity index (χ0v) is 7.81. The molecule has 4 rings (SSSR count). The quantitative estimate of drug-likeness (QED) is 0.699. The van der Waals surface area contributed by atoms with Crippen LogP contribution in [0.4, 0.5) is 0 Å². The van der Waals surface area contributed by atoms with Crippen molar-refractivity contribution in [2.45, 2.75) is 12.5 Å². The lowest BCUT2D eigenvalue weighted by molar-refractivity contribution is -0.124. The molecule has 1 aromatic rings. The fourth-order valence-electron chi connectivity index (χ4n) is 2.48. The Morgan fingerprint density at radius 3 is 2.79 bits per heavy atom. The molecule has 0 aromatic carbocycles. The Kier molecular flexibility index (Phi) is 1.64. The van der Waals surface area contributed by atoms with E-state index in [1.807, 2.05) is 24.5 Å². The van der Waals surface area contributed by atoms with Gasteiger partial charge in [0.1, 0.15) is 0 Å². The topological polar surface area (TPSA) is 46.1 Å². The molecule has 2 bridgehead atoms. The smallest absolute Gasteiger partial charge is 0.243 e. The average molecular weight is 191 g/mol. The van der Waals surface area contributed by atoms with Gasteiger partial charge in [0.15, 0.2) is 0 Å². The second-order valence-electron chi connectivity index (χ2n) is 4.10. The Morgan fingerprint density at radius 1 is 1.43 bits per heavy atom. The number of carbonyl (C=O) groups is 1. The lowest BCUT2D eigenvalue weighted by Crippen LogP contribution is -2.46. The second-order valence-corrected chi connectivity index (χ2v) is 4.10. The summed E-state index contributed by atoms with van der Waals surface area (Å²) in [7, 11) is 0. The standard InChI is InChI=1S/C10H13N3O/c14-10(12-13-3-1-2-4-13)9-7-5-8(9)11-6-7/h1-4,7-9,11H,5-6H2,(H,12,14). The molecule has 1 amide bonds. The summed E-state index contributed by atoms with van der Waals surface area (Å²) in [5, 5.41) is 3.33. The molecule has 3 fully saturated rings. The Balaban J connectivity index is 1.67. The van der Waals surface area contributed by atoms with Gasteiger partial charge < -0.3 is 5.32 Å². The number of nitrogens with zero attached hydrogens (tertiary/aromatic N) is 1. The molecule has 2 saturated heterocycles. The summed E-state index contributed by atoms with van der Waals surface area (Å²) < 4.78 is 1.71. The van der Waals surface area contributed by atoms with Crippen LogP contribution in [0.25, 0.3) is 0 Å². The lowest BCUT2D eigenvalue weighted by Gasteiger charge is -2.32. The van der Waals surface area contributed by atoms with Crippen molar-refractivity contribution < 1.29 is 4.79 Å². The number of aromatic nitrogens is 1. The summed E-state index contributed by atoms with van der Waals surface area (Å²) in [6.45, 7) is 1.01. The number of fused-ring (bicyclic) bond motifs is 1. The second kappa shape index (κ2) is 2.85. The van der Waals surface area contributed by atoms with E-state index >= 15 is 0 Å². The van der Waals surface area contributed by atoms with Crippen LogP contribution >= 0.6 is 0 Å². The molecule has 0 spiro atoms. The lowest BCUT2D eigenvalue weighted by atomic mass is 9.73. The van der Waals surface area contributed by atoms with Crippen LogP contribution in [0.1, 0.15) is 6.42 Å². The van der Waals surface area contributed by atoms with Crippen LogP contribution in [-0.2, 0) is 4.79 Å². The summed E-state index contributed by atoms with van der Waals surface area (Å²) >= 11 is 0. The molecule has 2 aliphatic heterocycles. The molecule has 4 heteroatoms. The van der Waals surface area contributed by atoms with E-state index in [-0.39, 0.29) is 11.8 Å². The highest BCUT2D eigenvalue weighted by atomic mass is 16.2. The largest absolute Gasteiger partial charge is 0.313 e. The Hall–Kier alpha value is -1.29. The van der Waals surface area contributed by atoms with Gasteiger partial charge in [-0.3, -0.25) is 14.9 Å². The van der Waals surface area contributed by atoms with Gasteiger partial charge in [0, 0.05) is 18.4 Å². The normalized spacial score (nSPS) is 33.9. The SMILES string of the molecule is O=C(Nn1cccc1)C1C2CNC1C2. The fourth-order valence-corrected chi connectivity index (χ4v) is 2.48. The zero-order chi connectivity index (χ0) is 9.54. The first-order valence-electron chi connectivity index (χ1n) is 5.02. The minimum absolute atomic E-state index is 0.146. The fraction of sp³-hybridized carbons (Fsp3) is 0.500. The molecular weight excluding hydrogens is 178 g/mol. The van der Waals surface area contributed by atoms with Crippen LogP contribution in [0.15, 0.2) is 24.5 Å². The third-order valence-electron chi connectivity index (χ3n) is 3.29. The number of hydrogen-bond donors (Lipinski definition) is 2. The van der Waals surface area contributed by atoms with E-state index in [2.05, 4.69) is 10.7 Å². The first-order valence-corrected chi connectivity index (χ1v) is 5.02. The van der Waals surface area contributed by atoms with Gasteiger partial charge >= 0.3 is 0 Å². The maximum atomic E-state index is 11.8. The van der Waals surface area contributed by atoms with E-state index in [1.54, 1.807) is 4.68 Å². The maximum Gasteiger partial charge on any atom is 0.243 e. The van der Waals surface area contributed by atoms with Crippen LogP contribution in [0.3, 0.4) is 0 Å². The minimum Gasteiger partial charge on any atom is -0.313 e. The molecule has 3 heterocycles. The summed E-state index contributed by atoms with van der Waals surface area (Å²) in [6.07, 6.45) is 4.85. The first-order chi connectivity index (χ1) is 6.84. The van der Waals surface area contributed by atoms with Gasteiger partial charge in [-0.15, -0.1) is 0 Å². The van der Waals surface area contributed by atoms with Crippen molar-refractivity contribution in [2.24, 2.45) is 11.8 Å². The maximum absolute atomic E-state index is 11.8. The molecule has 1 aromatic heterocycles. The Morgan fingerprint density at radius 2 is 2.21 bits per heavy atom. The molecule has 3 unspecified atom stereocenters. The van der Waals surface area contributed by atoms with E-state index < -0.39 is 0 Å².